The van der Waals surface area contributed by atoms with E-state index in [4.69, 9.17) is 9.47 Å². The minimum atomic E-state index is -0.361. The van der Waals surface area contributed by atoms with Gasteiger partial charge in [0.25, 0.3) is 0 Å². The lowest BCUT2D eigenvalue weighted by Gasteiger charge is -2.12. The second kappa shape index (κ2) is 4.28. The first kappa shape index (κ1) is 8.46. The van der Waals surface area contributed by atoms with Crippen LogP contribution in [0.3, 0.4) is 0 Å². The molecule has 11 heavy (non-hydrogen) atoms. The lowest BCUT2D eigenvalue weighted by molar-refractivity contribution is -0.142. The van der Waals surface area contributed by atoms with Crippen molar-refractivity contribution in [2.75, 3.05) is 19.0 Å². The van der Waals surface area contributed by atoms with E-state index in [1.54, 1.807) is 24.1 Å². The minimum Gasteiger partial charge on any atom is -0.485 e. The Hall–Kier alpha value is -0.640. The van der Waals surface area contributed by atoms with Crippen molar-refractivity contribution < 1.29 is 14.3 Å². The van der Waals surface area contributed by atoms with Crippen molar-refractivity contribution in [1.82, 2.24) is 0 Å². The summed E-state index contributed by atoms with van der Waals surface area (Å²) in [6.07, 6.45) is 0. The molecule has 1 rings (SSSR count). The number of carbonyl (C=O) groups excluding carboxylic acids is 1. The van der Waals surface area contributed by atoms with Gasteiger partial charge >= 0.3 is 5.97 Å². The molecule has 0 spiro atoms. The standard InChI is InChI=1S/C7H10O3S/c1-2-9-7(8)6-5-11-4-3-10-6/h5H,2-4H2,1H3. The first-order chi connectivity index (χ1) is 5.34. The molecule has 0 aromatic rings. The SMILES string of the molecule is CCOC(=O)C1=CSCCO1. The van der Waals surface area contributed by atoms with E-state index in [1.807, 2.05) is 0 Å². The predicted octanol–water partition coefficient (Wildman–Crippen LogP) is 1.15. The molecule has 0 saturated heterocycles. The molecular weight excluding hydrogens is 164 g/mol. The van der Waals surface area contributed by atoms with Crippen LogP contribution < -0.4 is 0 Å². The molecule has 0 N–H and O–H groups in total. The largest absolute Gasteiger partial charge is 0.485 e. The zero-order chi connectivity index (χ0) is 8.10. The van der Waals surface area contributed by atoms with Crippen molar-refractivity contribution in [3.05, 3.63) is 11.2 Å². The number of ether oxygens (including phenoxy) is 2. The van der Waals surface area contributed by atoms with E-state index >= 15 is 0 Å². The number of rotatable bonds is 2. The first-order valence-corrected chi connectivity index (χ1v) is 4.51. The van der Waals surface area contributed by atoms with Crippen LogP contribution >= 0.6 is 11.8 Å². The molecule has 0 aromatic carbocycles. The second-order valence-corrected chi connectivity index (χ2v) is 2.90. The van der Waals surface area contributed by atoms with Gasteiger partial charge in [0.15, 0.2) is 0 Å². The van der Waals surface area contributed by atoms with Crippen LogP contribution in [0.25, 0.3) is 0 Å². The van der Waals surface area contributed by atoms with Gasteiger partial charge in [-0.15, -0.1) is 11.8 Å². The fraction of sp³-hybridized carbons (Fsp3) is 0.571. The number of esters is 1. The van der Waals surface area contributed by atoms with Crippen LogP contribution in [-0.2, 0) is 14.3 Å². The number of hydrogen-bond acceptors (Lipinski definition) is 4. The van der Waals surface area contributed by atoms with Gasteiger partial charge in [0.05, 0.1) is 13.2 Å². The van der Waals surface area contributed by atoms with Crippen LogP contribution in [0.15, 0.2) is 11.2 Å². The maximum absolute atomic E-state index is 11.0. The molecule has 0 aliphatic carbocycles. The lowest BCUT2D eigenvalue weighted by Crippen LogP contribution is -2.14. The van der Waals surface area contributed by atoms with E-state index in [0.29, 0.717) is 19.0 Å². The molecule has 0 saturated carbocycles. The molecule has 0 aromatic heterocycles. The van der Waals surface area contributed by atoms with E-state index in [-0.39, 0.29) is 5.97 Å². The fourth-order valence-electron chi connectivity index (χ4n) is 0.678. The molecule has 0 fully saturated rings. The fourth-order valence-corrected chi connectivity index (χ4v) is 1.29. The highest BCUT2D eigenvalue weighted by Crippen LogP contribution is 2.15. The van der Waals surface area contributed by atoms with E-state index in [9.17, 15) is 4.79 Å². The zero-order valence-corrected chi connectivity index (χ0v) is 7.15. The third kappa shape index (κ3) is 2.46. The van der Waals surface area contributed by atoms with Crippen molar-refractivity contribution in [3.63, 3.8) is 0 Å². The van der Waals surface area contributed by atoms with Crippen molar-refractivity contribution in [2.24, 2.45) is 0 Å². The predicted molar refractivity (Wildman–Crippen MR) is 43.1 cm³/mol. The van der Waals surface area contributed by atoms with Crippen LogP contribution in [0.4, 0.5) is 0 Å². The Bertz CT molecular complexity index is 177. The molecule has 1 aliphatic heterocycles. The quantitative estimate of drug-likeness (QED) is 0.588. The zero-order valence-electron chi connectivity index (χ0n) is 6.33. The van der Waals surface area contributed by atoms with Crippen LogP contribution in [0, 0.1) is 0 Å². The maximum atomic E-state index is 11.0. The van der Waals surface area contributed by atoms with Gasteiger partial charge in [-0.2, -0.15) is 0 Å². The van der Waals surface area contributed by atoms with Gasteiger partial charge in [0, 0.05) is 11.2 Å². The van der Waals surface area contributed by atoms with Gasteiger partial charge in [-0.25, -0.2) is 4.79 Å². The normalized spacial score (nSPS) is 16.6. The summed E-state index contributed by atoms with van der Waals surface area (Å²) in [4.78, 5) is 11.0. The van der Waals surface area contributed by atoms with Crippen LogP contribution in [0.1, 0.15) is 6.92 Å². The summed E-state index contributed by atoms with van der Waals surface area (Å²) in [6, 6.07) is 0. The van der Waals surface area contributed by atoms with Crippen LogP contribution in [0.2, 0.25) is 0 Å². The highest BCUT2D eigenvalue weighted by molar-refractivity contribution is 8.02. The summed E-state index contributed by atoms with van der Waals surface area (Å²) >= 11 is 1.57. The molecular formula is C7H10O3S. The molecule has 0 unspecified atom stereocenters. The topological polar surface area (TPSA) is 35.5 Å². The Morgan fingerprint density at radius 2 is 2.73 bits per heavy atom. The van der Waals surface area contributed by atoms with Gasteiger partial charge < -0.3 is 9.47 Å². The lowest BCUT2D eigenvalue weighted by atomic mass is 10.5. The van der Waals surface area contributed by atoms with E-state index < -0.39 is 0 Å². The molecule has 1 aliphatic rings. The molecule has 0 amide bonds. The second-order valence-electron chi connectivity index (χ2n) is 1.92. The van der Waals surface area contributed by atoms with Crippen LogP contribution in [0.5, 0.6) is 0 Å². The van der Waals surface area contributed by atoms with Gasteiger partial charge in [-0.05, 0) is 6.92 Å². The number of carbonyl (C=O) groups is 1. The Morgan fingerprint density at radius 3 is 3.27 bits per heavy atom. The summed E-state index contributed by atoms with van der Waals surface area (Å²) in [6.45, 7) is 2.76. The van der Waals surface area contributed by atoms with Crippen molar-refractivity contribution >= 4 is 17.7 Å². The Labute approximate surface area is 69.7 Å². The number of hydrogen-bond donors (Lipinski definition) is 0. The third-order valence-electron chi connectivity index (χ3n) is 1.13. The smallest absolute Gasteiger partial charge is 0.374 e. The Balaban J connectivity index is 2.44. The average molecular weight is 174 g/mol. The van der Waals surface area contributed by atoms with E-state index in [0.717, 1.165) is 5.75 Å². The molecule has 0 radical (unpaired) electrons. The molecule has 0 bridgehead atoms. The van der Waals surface area contributed by atoms with Crippen molar-refractivity contribution in [3.8, 4) is 0 Å². The maximum Gasteiger partial charge on any atom is 0.374 e. The minimum absolute atomic E-state index is 0.336. The van der Waals surface area contributed by atoms with Gasteiger partial charge in [0.2, 0.25) is 5.76 Å². The summed E-state index contributed by atoms with van der Waals surface area (Å²) < 4.78 is 9.79. The van der Waals surface area contributed by atoms with Crippen LogP contribution in [-0.4, -0.2) is 24.9 Å². The Kier molecular flexibility index (Phi) is 3.29. The van der Waals surface area contributed by atoms with E-state index in [1.165, 1.54) is 0 Å². The van der Waals surface area contributed by atoms with Crippen molar-refractivity contribution in [2.45, 2.75) is 6.92 Å². The molecule has 62 valence electrons. The molecule has 3 nitrogen and oxygen atoms in total. The molecule has 4 heteroatoms. The average Bonchev–Trinajstić information content (AvgIpc) is 2.07. The molecule has 0 atom stereocenters. The number of thioether (sulfide) groups is 1. The summed E-state index contributed by atoms with van der Waals surface area (Å²) in [7, 11) is 0. The summed E-state index contributed by atoms with van der Waals surface area (Å²) in [5.74, 6) is 0.880. The van der Waals surface area contributed by atoms with Gasteiger partial charge in [0.1, 0.15) is 0 Å². The Morgan fingerprint density at radius 1 is 1.91 bits per heavy atom. The third-order valence-corrected chi connectivity index (χ3v) is 1.91. The van der Waals surface area contributed by atoms with Gasteiger partial charge in [-0.3, -0.25) is 0 Å². The van der Waals surface area contributed by atoms with E-state index in [2.05, 4.69) is 0 Å². The molecule has 1 heterocycles. The highest BCUT2D eigenvalue weighted by Gasteiger charge is 2.14. The van der Waals surface area contributed by atoms with Crippen molar-refractivity contribution in [1.29, 1.82) is 0 Å². The summed E-state index contributed by atoms with van der Waals surface area (Å²) in [5.41, 5.74) is 0. The van der Waals surface area contributed by atoms with Gasteiger partial charge in [-0.1, -0.05) is 0 Å². The highest BCUT2D eigenvalue weighted by atomic mass is 32.2. The first-order valence-electron chi connectivity index (χ1n) is 3.46. The monoisotopic (exact) mass is 174 g/mol. The summed E-state index contributed by atoms with van der Waals surface area (Å²) in [5, 5.41) is 1.70.